The maximum absolute atomic E-state index is 12.0. The number of hydrogen-bond donors (Lipinski definition) is 1. The van der Waals surface area contributed by atoms with E-state index in [1.54, 1.807) is 4.90 Å². The highest BCUT2D eigenvalue weighted by atomic mass is 16.2. The SMILES string of the molecule is CN(C)CCCNc1cc(-c2ccc(N3CCN(C)C(=O)C3)cc2)nc2ccccc12. The molecule has 0 saturated carbocycles. The van der Waals surface area contributed by atoms with Crippen molar-refractivity contribution in [3.8, 4) is 11.3 Å². The third kappa shape index (κ3) is 4.97. The Hall–Kier alpha value is -3.12. The molecule has 0 aliphatic carbocycles. The smallest absolute Gasteiger partial charge is 0.241 e. The van der Waals surface area contributed by atoms with E-state index < -0.39 is 0 Å². The van der Waals surface area contributed by atoms with E-state index in [4.69, 9.17) is 4.98 Å². The van der Waals surface area contributed by atoms with E-state index in [1.165, 1.54) is 0 Å². The second-order valence-electron chi connectivity index (χ2n) is 8.44. The van der Waals surface area contributed by atoms with Gasteiger partial charge in [0.1, 0.15) is 0 Å². The van der Waals surface area contributed by atoms with Crippen LogP contribution in [0.5, 0.6) is 0 Å². The van der Waals surface area contributed by atoms with Crippen molar-refractivity contribution >= 4 is 28.2 Å². The summed E-state index contributed by atoms with van der Waals surface area (Å²) >= 11 is 0. The highest BCUT2D eigenvalue weighted by molar-refractivity contribution is 5.93. The van der Waals surface area contributed by atoms with Crippen molar-refractivity contribution in [2.45, 2.75) is 6.42 Å². The van der Waals surface area contributed by atoms with Crippen molar-refractivity contribution in [1.82, 2.24) is 14.8 Å². The lowest BCUT2D eigenvalue weighted by molar-refractivity contribution is -0.129. The summed E-state index contributed by atoms with van der Waals surface area (Å²) in [6.07, 6.45) is 1.08. The van der Waals surface area contributed by atoms with E-state index in [2.05, 4.69) is 77.7 Å². The van der Waals surface area contributed by atoms with Crippen molar-refractivity contribution in [1.29, 1.82) is 0 Å². The fourth-order valence-electron chi connectivity index (χ4n) is 3.91. The van der Waals surface area contributed by atoms with Crippen molar-refractivity contribution in [2.24, 2.45) is 0 Å². The maximum Gasteiger partial charge on any atom is 0.241 e. The minimum Gasteiger partial charge on any atom is -0.384 e. The summed E-state index contributed by atoms with van der Waals surface area (Å²) in [6, 6.07) is 18.8. The first-order chi connectivity index (χ1) is 15.0. The Morgan fingerprint density at radius 2 is 1.84 bits per heavy atom. The molecular formula is C25H31N5O. The number of carbonyl (C=O) groups is 1. The van der Waals surface area contributed by atoms with Gasteiger partial charge in [-0.1, -0.05) is 30.3 Å². The number of nitrogens with one attached hydrogen (secondary N) is 1. The highest BCUT2D eigenvalue weighted by Crippen LogP contribution is 2.29. The second-order valence-corrected chi connectivity index (χ2v) is 8.44. The van der Waals surface area contributed by atoms with Crippen molar-refractivity contribution in [3.63, 3.8) is 0 Å². The number of likely N-dealkylation sites (N-methyl/N-ethyl adjacent to an activating group) is 1. The molecule has 0 bridgehead atoms. The number of fused-ring (bicyclic) bond motifs is 1. The van der Waals surface area contributed by atoms with Gasteiger partial charge in [-0.2, -0.15) is 0 Å². The van der Waals surface area contributed by atoms with Gasteiger partial charge >= 0.3 is 0 Å². The molecule has 6 nitrogen and oxygen atoms in total. The molecule has 31 heavy (non-hydrogen) atoms. The van der Waals surface area contributed by atoms with Crippen LogP contribution in [0.2, 0.25) is 0 Å². The molecule has 1 N–H and O–H groups in total. The van der Waals surface area contributed by atoms with Crippen LogP contribution in [0.4, 0.5) is 11.4 Å². The van der Waals surface area contributed by atoms with Gasteiger partial charge < -0.3 is 20.0 Å². The molecule has 6 heteroatoms. The van der Waals surface area contributed by atoms with Crippen LogP contribution in [0.1, 0.15) is 6.42 Å². The fourth-order valence-corrected chi connectivity index (χ4v) is 3.91. The first kappa shape index (κ1) is 21.1. The number of benzene rings is 2. The number of rotatable bonds is 7. The maximum atomic E-state index is 12.0. The topological polar surface area (TPSA) is 51.7 Å². The molecule has 1 aromatic heterocycles. The molecule has 0 atom stereocenters. The van der Waals surface area contributed by atoms with Crippen LogP contribution in [0.25, 0.3) is 22.2 Å². The molecule has 1 aliphatic rings. The number of nitrogens with zero attached hydrogens (tertiary/aromatic N) is 4. The van der Waals surface area contributed by atoms with Gasteiger partial charge in [0.25, 0.3) is 0 Å². The molecule has 1 aliphatic heterocycles. The number of hydrogen-bond acceptors (Lipinski definition) is 5. The van der Waals surface area contributed by atoms with Gasteiger partial charge in [0.05, 0.1) is 17.8 Å². The quantitative estimate of drug-likeness (QED) is 0.596. The number of amides is 1. The monoisotopic (exact) mass is 417 g/mol. The lowest BCUT2D eigenvalue weighted by Gasteiger charge is -2.33. The van der Waals surface area contributed by atoms with Gasteiger partial charge in [0, 0.05) is 49.0 Å². The Labute approximate surface area is 184 Å². The zero-order valence-corrected chi connectivity index (χ0v) is 18.6. The van der Waals surface area contributed by atoms with Gasteiger partial charge in [-0.25, -0.2) is 4.98 Å². The van der Waals surface area contributed by atoms with Crippen LogP contribution >= 0.6 is 0 Å². The van der Waals surface area contributed by atoms with E-state index in [0.29, 0.717) is 6.54 Å². The van der Waals surface area contributed by atoms with Gasteiger partial charge in [-0.15, -0.1) is 0 Å². The average Bonchev–Trinajstić information content (AvgIpc) is 2.78. The lowest BCUT2D eigenvalue weighted by Crippen LogP contribution is -2.48. The number of carbonyl (C=O) groups excluding carboxylic acids is 1. The summed E-state index contributed by atoms with van der Waals surface area (Å²) < 4.78 is 0. The number of para-hydroxylation sites is 1. The first-order valence-corrected chi connectivity index (χ1v) is 10.9. The van der Waals surface area contributed by atoms with Crippen LogP contribution in [-0.4, -0.2) is 74.6 Å². The second kappa shape index (κ2) is 9.35. The summed E-state index contributed by atoms with van der Waals surface area (Å²) in [7, 11) is 6.06. The normalized spacial score (nSPS) is 14.5. The van der Waals surface area contributed by atoms with E-state index in [9.17, 15) is 4.79 Å². The Morgan fingerprint density at radius 1 is 1.06 bits per heavy atom. The largest absolute Gasteiger partial charge is 0.384 e. The zero-order valence-electron chi connectivity index (χ0n) is 18.6. The van der Waals surface area contributed by atoms with Gasteiger partial charge in [-0.3, -0.25) is 4.79 Å². The first-order valence-electron chi connectivity index (χ1n) is 10.9. The van der Waals surface area contributed by atoms with Crippen LogP contribution in [0.3, 0.4) is 0 Å². The molecule has 0 unspecified atom stereocenters. The van der Waals surface area contributed by atoms with E-state index in [0.717, 1.165) is 66.1 Å². The summed E-state index contributed by atoms with van der Waals surface area (Å²) in [4.78, 5) is 23.1. The van der Waals surface area contributed by atoms with Crippen LogP contribution in [0.15, 0.2) is 54.6 Å². The molecule has 3 aromatic rings. The summed E-state index contributed by atoms with van der Waals surface area (Å²) in [5.74, 6) is 0.163. The summed E-state index contributed by atoms with van der Waals surface area (Å²) in [5, 5.41) is 4.75. The minimum atomic E-state index is 0.163. The van der Waals surface area contributed by atoms with Crippen LogP contribution < -0.4 is 10.2 Å². The molecule has 1 saturated heterocycles. The minimum absolute atomic E-state index is 0.163. The molecule has 162 valence electrons. The van der Waals surface area contributed by atoms with E-state index >= 15 is 0 Å². The van der Waals surface area contributed by atoms with Gasteiger partial charge in [0.15, 0.2) is 0 Å². The fraction of sp³-hybridized carbons (Fsp3) is 0.360. The Kier molecular flexibility index (Phi) is 6.37. The van der Waals surface area contributed by atoms with Crippen molar-refractivity contribution < 1.29 is 4.79 Å². The number of aromatic nitrogens is 1. The molecule has 2 heterocycles. The highest BCUT2D eigenvalue weighted by Gasteiger charge is 2.21. The third-order valence-corrected chi connectivity index (χ3v) is 5.80. The Bertz CT molecular complexity index is 1050. The van der Waals surface area contributed by atoms with Gasteiger partial charge in [-0.05, 0) is 51.3 Å². The van der Waals surface area contributed by atoms with Crippen molar-refractivity contribution in [3.05, 3.63) is 54.6 Å². The van der Waals surface area contributed by atoms with E-state index in [-0.39, 0.29) is 5.91 Å². The molecular weight excluding hydrogens is 386 g/mol. The van der Waals surface area contributed by atoms with Crippen molar-refractivity contribution in [2.75, 3.05) is 64.1 Å². The van der Waals surface area contributed by atoms with Gasteiger partial charge in [0.2, 0.25) is 5.91 Å². The van der Waals surface area contributed by atoms with Crippen LogP contribution in [-0.2, 0) is 4.79 Å². The molecule has 0 spiro atoms. The molecule has 0 radical (unpaired) electrons. The predicted octanol–water partition coefficient (Wildman–Crippen LogP) is 3.54. The number of pyridine rings is 1. The lowest BCUT2D eigenvalue weighted by atomic mass is 10.1. The van der Waals surface area contributed by atoms with Crippen LogP contribution in [0, 0.1) is 0 Å². The molecule has 1 fully saturated rings. The Balaban J connectivity index is 1.56. The molecule has 4 rings (SSSR count). The third-order valence-electron chi connectivity index (χ3n) is 5.80. The van der Waals surface area contributed by atoms with E-state index in [1.807, 2.05) is 13.1 Å². The number of piperazine rings is 1. The predicted molar refractivity (Wildman–Crippen MR) is 129 cm³/mol. The zero-order chi connectivity index (χ0) is 21.8. The Morgan fingerprint density at radius 3 is 2.58 bits per heavy atom. The number of anilines is 2. The summed E-state index contributed by atoms with van der Waals surface area (Å²) in [5.41, 5.74) is 5.21. The molecule has 2 aromatic carbocycles. The average molecular weight is 418 g/mol. The molecule has 1 amide bonds. The summed E-state index contributed by atoms with van der Waals surface area (Å²) in [6.45, 7) is 4.03. The standard InChI is InChI=1S/C25H31N5O/c1-28(2)14-6-13-26-24-17-23(27-22-8-5-4-7-21(22)24)19-9-11-20(12-10-19)30-16-15-29(3)25(31)18-30/h4-5,7-12,17H,6,13-16,18H2,1-3H3,(H,26,27).